The number of halogens is 1. The molecule has 1 saturated heterocycles. The van der Waals surface area contributed by atoms with Crippen molar-refractivity contribution in [3.63, 3.8) is 0 Å². The van der Waals surface area contributed by atoms with Crippen LogP contribution in [0.3, 0.4) is 0 Å². The fourth-order valence-electron chi connectivity index (χ4n) is 2.99. The van der Waals surface area contributed by atoms with E-state index in [4.69, 9.17) is 11.6 Å². The average Bonchev–Trinajstić information content (AvgIpc) is 2.64. The van der Waals surface area contributed by atoms with Crippen molar-refractivity contribution in [2.24, 2.45) is 0 Å². The van der Waals surface area contributed by atoms with Crippen LogP contribution in [0.15, 0.2) is 53.4 Å². The summed E-state index contributed by atoms with van der Waals surface area (Å²) in [7, 11) is -1.86. The molecular formula is C19H22ClN3O3S. The Hall–Kier alpha value is -2.09. The van der Waals surface area contributed by atoms with E-state index in [-0.39, 0.29) is 27.4 Å². The Morgan fingerprint density at radius 2 is 1.78 bits per heavy atom. The Kier molecular flexibility index (Phi) is 6.04. The molecule has 2 aromatic rings. The molecule has 1 aliphatic rings. The zero-order valence-corrected chi connectivity index (χ0v) is 16.6. The van der Waals surface area contributed by atoms with E-state index in [1.165, 1.54) is 18.2 Å². The zero-order valence-electron chi connectivity index (χ0n) is 15.0. The molecule has 2 aromatic carbocycles. The fourth-order valence-corrected chi connectivity index (χ4v) is 4.57. The quantitative estimate of drug-likeness (QED) is 0.798. The molecule has 0 radical (unpaired) electrons. The van der Waals surface area contributed by atoms with E-state index >= 15 is 0 Å². The van der Waals surface area contributed by atoms with Gasteiger partial charge in [-0.3, -0.25) is 9.52 Å². The highest BCUT2D eigenvalue weighted by Gasteiger charge is 2.23. The van der Waals surface area contributed by atoms with E-state index in [0.717, 1.165) is 25.9 Å². The number of likely N-dealkylation sites (tertiary alicyclic amines) is 1. The van der Waals surface area contributed by atoms with Crippen LogP contribution in [0.2, 0.25) is 5.02 Å². The van der Waals surface area contributed by atoms with Gasteiger partial charge in [-0.15, -0.1) is 0 Å². The molecule has 8 heteroatoms. The van der Waals surface area contributed by atoms with Gasteiger partial charge in [0.1, 0.15) is 4.90 Å². The molecule has 0 atom stereocenters. The molecule has 27 heavy (non-hydrogen) atoms. The standard InChI is InChI=1S/C19H22ClN3O3S/c1-23-11-9-15(10-12-23)21-19(24)14-7-8-17(20)18(13-14)27(25,26)22-16-5-3-2-4-6-16/h2-8,13,15,22H,9-12H2,1H3,(H,21,24). The highest BCUT2D eigenvalue weighted by Crippen LogP contribution is 2.25. The number of hydrogen-bond donors (Lipinski definition) is 2. The lowest BCUT2D eigenvalue weighted by Crippen LogP contribution is -2.43. The van der Waals surface area contributed by atoms with Crippen LogP contribution in [0.5, 0.6) is 0 Å². The molecule has 0 aliphatic carbocycles. The molecule has 0 aromatic heterocycles. The van der Waals surface area contributed by atoms with Crippen molar-refractivity contribution in [3.05, 3.63) is 59.1 Å². The summed E-state index contributed by atoms with van der Waals surface area (Å²) < 4.78 is 27.9. The lowest BCUT2D eigenvalue weighted by Gasteiger charge is -2.29. The number of para-hydroxylation sites is 1. The van der Waals surface area contributed by atoms with E-state index in [9.17, 15) is 13.2 Å². The molecule has 6 nitrogen and oxygen atoms in total. The summed E-state index contributed by atoms with van der Waals surface area (Å²) in [5.41, 5.74) is 0.696. The van der Waals surface area contributed by atoms with E-state index in [1.807, 2.05) is 7.05 Å². The van der Waals surface area contributed by atoms with Gasteiger partial charge in [0.05, 0.1) is 5.02 Å². The van der Waals surface area contributed by atoms with Gasteiger partial charge < -0.3 is 10.2 Å². The van der Waals surface area contributed by atoms with Crippen LogP contribution in [0.4, 0.5) is 5.69 Å². The molecule has 0 saturated carbocycles. The van der Waals surface area contributed by atoms with Crippen molar-refractivity contribution >= 4 is 33.2 Å². The average molecular weight is 408 g/mol. The van der Waals surface area contributed by atoms with Crippen molar-refractivity contribution in [1.82, 2.24) is 10.2 Å². The van der Waals surface area contributed by atoms with Crippen LogP contribution in [0, 0.1) is 0 Å². The third-order valence-electron chi connectivity index (χ3n) is 4.56. The van der Waals surface area contributed by atoms with Crippen LogP contribution >= 0.6 is 11.6 Å². The number of nitrogens with one attached hydrogen (secondary N) is 2. The SMILES string of the molecule is CN1CCC(NC(=O)c2ccc(Cl)c(S(=O)(=O)Nc3ccccc3)c2)CC1. The number of nitrogens with zero attached hydrogens (tertiary/aromatic N) is 1. The highest BCUT2D eigenvalue weighted by atomic mass is 35.5. The van der Waals surface area contributed by atoms with Gasteiger partial charge in [-0.1, -0.05) is 29.8 Å². The van der Waals surface area contributed by atoms with Crippen molar-refractivity contribution in [3.8, 4) is 0 Å². The van der Waals surface area contributed by atoms with Crippen LogP contribution in [-0.4, -0.2) is 45.4 Å². The van der Waals surface area contributed by atoms with E-state index in [2.05, 4.69) is 14.9 Å². The van der Waals surface area contributed by atoms with Crippen molar-refractivity contribution in [2.45, 2.75) is 23.8 Å². The van der Waals surface area contributed by atoms with Gasteiger partial charge in [0.15, 0.2) is 0 Å². The minimum absolute atomic E-state index is 0.0641. The minimum atomic E-state index is -3.91. The Balaban J connectivity index is 1.78. The molecular weight excluding hydrogens is 386 g/mol. The lowest BCUT2D eigenvalue weighted by atomic mass is 10.0. The van der Waals surface area contributed by atoms with Crippen LogP contribution < -0.4 is 10.0 Å². The molecule has 144 valence electrons. The topological polar surface area (TPSA) is 78.5 Å². The van der Waals surface area contributed by atoms with Crippen LogP contribution in [0.25, 0.3) is 0 Å². The Labute approximate surface area is 164 Å². The molecule has 1 fully saturated rings. The first-order chi connectivity index (χ1) is 12.8. The molecule has 1 aliphatic heterocycles. The molecule has 3 rings (SSSR count). The molecule has 0 bridgehead atoms. The van der Waals surface area contributed by atoms with Gasteiger partial charge in [0.2, 0.25) is 0 Å². The van der Waals surface area contributed by atoms with E-state index in [1.54, 1.807) is 30.3 Å². The monoisotopic (exact) mass is 407 g/mol. The van der Waals surface area contributed by atoms with Crippen molar-refractivity contribution in [1.29, 1.82) is 0 Å². The minimum Gasteiger partial charge on any atom is -0.349 e. The number of benzene rings is 2. The molecule has 2 N–H and O–H groups in total. The highest BCUT2D eigenvalue weighted by molar-refractivity contribution is 7.92. The van der Waals surface area contributed by atoms with E-state index < -0.39 is 10.0 Å². The Morgan fingerprint density at radius 1 is 1.11 bits per heavy atom. The van der Waals surface area contributed by atoms with Gasteiger partial charge >= 0.3 is 0 Å². The maximum absolute atomic E-state index is 12.7. The number of hydrogen-bond acceptors (Lipinski definition) is 4. The third kappa shape index (κ3) is 5.00. The third-order valence-corrected chi connectivity index (χ3v) is 6.43. The second-order valence-electron chi connectivity index (χ2n) is 6.67. The summed E-state index contributed by atoms with van der Waals surface area (Å²) in [5.74, 6) is -0.294. The van der Waals surface area contributed by atoms with Crippen molar-refractivity contribution < 1.29 is 13.2 Å². The maximum atomic E-state index is 12.7. The van der Waals surface area contributed by atoms with Gasteiger partial charge in [-0.05, 0) is 63.3 Å². The zero-order chi connectivity index (χ0) is 19.4. The number of rotatable bonds is 5. The van der Waals surface area contributed by atoms with Gasteiger partial charge in [0, 0.05) is 17.3 Å². The number of amides is 1. The number of piperidine rings is 1. The molecule has 1 heterocycles. The van der Waals surface area contributed by atoms with Gasteiger partial charge in [0.25, 0.3) is 15.9 Å². The smallest absolute Gasteiger partial charge is 0.263 e. The predicted octanol–water partition coefficient (Wildman–Crippen LogP) is 2.96. The maximum Gasteiger partial charge on any atom is 0.263 e. The Bertz CT molecular complexity index is 911. The van der Waals surface area contributed by atoms with Crippen LogP contribution in [-0.2, 0) is 10.0 Å². The van der Waals surface area contributed by atoms with Crippen LogP contribution in [0.1, 0.15) is 23.2 Å². The molecule has 1 amide bonds. The number of sulfonamides is 1. The summed E-state index contributed by atoms with van der Waals surface area (Å²) >= 11 is 6.10. The second-order valence-corrected chi connectivity index (χ2v) is 8.73. The summed E-state index contributed by atoms with van der Waals surface area (Å²) in [4.78, 5) is 14.7. The van der Waals surface area contributed by atoms with Gasteiger partial charge in [-0.2, -0.15) is 0 Å². The largest absolute Gasteiger partial charge is 0.349 e. The Morgan fingerprint density at radius 3 is 2.44 bits per heavy atom. The van der Waals surface area contributed by atoms with Crippen molar-refractivity contribution in [2.75, 3.05) is 24.9 Å². The number of anilines is 1. The fraction of sp³-hybridized carbons (Fsp3) is 0.316. The summed E-state index contributed by atoms with van der Waals surface area (Å²) in [6.07, 6.45) is 1.74. The lowest BCUT2D eigenvalue weighted by molar-refractivity contribution is 0.0916. The normalized spacial score (nSPS) is 16.1. The number of carbonyl (C=O) groups excluding carboxylic acids is 1. The second kappa shape index (κ2) is 8.29. The molecule has 0 unspecified atom stereocenters. The van der Waals surface area contributed by atoms with E-state index in [0.29, 0.717) is 5.69 Å². The first-order valence-electron chi connectivity index (χ1n) is 8.72. The number of carbonyl (C=O) groups is 1. The van der Waals surface area contributed by atoms with Gasteiger partial charge in [-0.25, -0.2) is 8.42 Å². The first kappa shape index (κ1) is 19.7. The summed E-state index contributed by atoms with van der Waals surface area (Å²) in [6, 6.07) is 12.9. The summed E-state index contributed by atoms with van der Waals surface area (Å²) in [5, 5.41) is 3.04. The molecule has 0 spiro atoms. The summed E-state index contributed by atoms with van der Waals surface area (Å²) in [6.45, 7) is 1.85. The first-order valence-corrected chi connectivity index (χ1v) is 10.6. The predicted molar refractivity (Wildman–Crippen MR) is 107 cm³/mol.